The highest BCUT2D eigenvalue weighted by molar-refractivity contribution is 5.98. The molecule has 8 heteroatoms. The molecule has 4 unspecified atom stereocenters. The summed E-state index contributed by atoms with van der Waals surface area (Å²) in [5.74, 6) is 1.30. The minimum absolute atomic E-state index is 0.0451. The molecule has 8 nitrogen and oxygen atoms in total. The molecule has 2 aliphatic rings. The second-order valence-electron chi connectivity index (χ2n) is 8.12. The third-order valence-electron chi connectivity index (χ3n) is 6.36. The Balaban J connectivity index is 1.44. The predicted molar refractivity (Wildman–Crippen MR) is 112 cm³/mol. The Labute approximate surface area is 175 Å². The highest BCUT2D eigenvalue weighted by Gasteiger charge is 2.52. The van der Waals surface area contributed by atoms with Crippen LogP contribution in [0.25, 0.3) is 5.69 Å². The molecule has 1 saturated heterocycles. The van der Waals surface area contributed by atoms with Crippen LogP contribution in [0.15, 0.2) is 49.1 Å². The number of para-hydroxylation sites is 1. The van der Waals surface area contributed by atoms with Crippen LogP contribution in [-0.4, -0.2) is 53.9 Å². The van der Waals surface area contributed by atoms with E-state index >= 15 is 0 Å². The van der Waals surface area contributed by atoms with Gasteiger partial charge in [0.25, 0.3) is 5.91 Å². The van der Waals surface area contributed by atoms with E-state index in [1.165, 1.54) is 4.80 Å². The van der Waals surface area contributed by atoms with E-state index in [1.54, 1.807) is 24.8 Å². The highest BCUT2D eigenvalue weighted by Crippen LogP contribution is 2.45. The Bertz CT molecular complexity index is 1030. The van der Waals surface area contributed by atoms with Crippen molar-refractivity contribution in [2.24, 2.45) is 5.92 Å². The molecule has 1 aromatic carbocycles. The van der Waals surface area contributed by atoms with E-state index in [-0.39, 0.29) is 24.0 Å². The van der Waals surface area contributed by atoms with E-state index in [2.05, 4.69) is 37.3 Å². The average Bonchev–Trinajstić information content (AvgIpc) is 3.51. The van der Waals surface area contributed by atoms with Gasteiger partial charge in [0.1, 0.15) is 5.82 Å². The summed E-state index contributed by atoms with van der Waals surface area (Å²) in [4.78, 5) is 26.2. The molecule has 3 aromatic rings. The van der Waals surface area contributed by atoms with Gasteiger partial charge in [0.05, 0.1) is 47.8 Å². The smallest absolute Gasteiger partial charge is 0.256 e. The summed E-state index contributed by atoms with van der Waals surface area (Å²) in [6.07, 6.45) is 9.79. The first-order valence-electron chi connectivity index (χ1n) is 10.5. The fourth-order valence-corrected chi connectivity index (χ4v) is 5.10. The minimum Gasteiger partial charge on any atom is -0.364 e. The molecule has 30 heavy (non-hydrogen) atoms. The van der Waals surface area contributed by atoms with Crippen molar-refractivity contribution < 1.29 is 4.79 Å². The van der Waals surface area contributed by atoms with E-state index in [4.69, 9.17) is 0 Å². The molecule has 4 atom stereocenters. The van der Waals surface area contributed by atoms with Gasteiger partial charge < -0.3 is 10.2 Å². The summed E-state index contributed by atoms with van der Waals surface area (Å²) in [6.45, 7) is 4.09. The summed E-state index contributed by atoms with van der Waals surface area (Å²) in [5.41, 5.74) is 2.23. The normalized spacial score (nSPS) is 24.9. The van der Waals surface area contributed by atoms with Crippen molar-refractivity contribution in [3.8, 4) is 5.69 Å². The number of amides is 1. The van der Waals surface area contributed by atoms with Crippen LogP contribution in [-0.2, 0) is 0 Å². The van der Waals surface area contributed by atoms with E-state index in [9.17, 15) is 4.79 Å². The third-order valence-corrected chi connectivity index (χ3v) is 6.36. The fraction of sp³-hybridized carbons (Fsp3) is 0.409. The maximum atomic E-state index is 13.8. The number of carbonyl (C=O) groups excluding carboxylic acids is 1. The monoisotopic (exact) mass is 403 g/mol. The van der Waals surface area contributed by atoms with Crippen molar-refractivity contribution in [3.05, 3.63) is 60.3 Å². The zero-order valence-electron chi connectivity index (χ0n) is 17.1. The molecule has 5 rings (SSSR count). The number of rotatable bonds is 5. The fourth-order valence-electron chi connectivity index (χ4n) is 5.10. The lowest BCUT2D eigenvalue weighted by atomic mass is 9.93. The van der Waals surface area contributed by atoms with Crippen molar-refractivity contribution in [3.63, 3.8) is 0 Å². The Morgan fingerprint density at radius 1 is 1.13 bits per heavy atom. The molecule has 1 amide bonds. The lowest BCUT2D eigenvalue weighted by Crippen LogP contribution is -2.52. The van der Waals surface area contributed by atoms with E-state index in [1.807, 2.05) is 31.2 Å². The lowest BCUT2D eigenvalue weighted by molar-refractivity contribution is 0.0568. The van der Waals surface area contributed by atoms with Crippen LogP contribution < -0.4 is 5.32 Å². The second kappa shape index (κ2) is 7.51. The number of anilines is 1. The number of hydrogen-bond donors (Lipinski definition) is 1. The van der Waals surface area contributed by atoms with Gasteiger partial charge in [-0.3, -0.25) is 9.78 Å². The van der Waals surface area contributed by atoms with Gasteiger partial charge in [-0.2, -0.15) is 15.0 Å². The Morgan fingerprint density at radius 3 is 2.67 bits per heavy atom. The van der Waals surface area contributed by atoms with Crippen molar-refractivity contribution in [1.29, 1.82) is 0 Å². The van der Waals surface area contributed by atoms with Gasteiger partial charge in [-0.1, -0.05) is 19.1 Å². The number of nitrogens with one attached hydrogen (secondary N) is 1. The Morgan fingerprint density at radius 2 is 1.93 bits per heavy atom. The number of piperidine rings is 1. The second-order valence-corrected chi connectivity index (χ2v) is 8.12. The summed E-state index contributed by atoms with van der Waals surface area (Å²) in [7, 11) is 0. The first-order chi connectivity index (χ1) is 14.7. The van der Waals surface area contributed by atoms with E-state index in [0.717, 1.165) is 30.8 Å². The molecule has 1 N–H and O–H groups in total. The standard InChI is InChI=1S/C22H25N7O/c1-3-18-15-10-17(27-21-13-23-14(2)12-24-21)20(11-15)28(18)22(30)16-6-4-5-7-19(16)29-25-8-9-26-29/h4-9,12-13,15,17-18,20H,3,10-11H2,1-2H3,(H,24,27). The SMILES string of the molecule is CCC1C2CC(Nc3cnc(C)cn3)C(C2)N1C(=O)c1ccccc1-n1nccn1. The van der Waals surface area contributed by atoms with Gasteiger partial charge in [0.15, 0.2) is 0 Å². The van der Waals surface area contributed by atoms with Gasteiger partial charge in [0, 0.05) is 12.1 Å². The molecule has 3 heterocycles. The largest absolute Gasteiger partial charge is 0.364 e. The molecule has 1 saturated carbocycles. The molecule has 1 aliphatic heterocycles. The first kappa shape index (κ1) is 18.7. The van der Waals surface area contributed by atoms with Gasteiger partial charge in [-0.15, -0.1) is 0 Å². The molecule has 0 spiro atoms. The summed E-state index contributed by atoms with van der Waals surface area (Å²) in [5, 5.41) is 12.0. The molecular weight excluding hydrogens is 378 g/mol. The summed E-state index contributed by atoms with van der Waals surface area (Å²) in [6, 6.07) is 8.12. The molecule has 2 bridgehead atoms. The first-order valence-corrected chi connectivity index (χ1v) is 10.5. The Kier molecular flexibility index (Phi) is 4.69. The number of likely N-dealkylation sites (tertiary alicyclic amines) is 1. The topological polar surface area (TPSA) is 88.8 Å². The van der Waals surface area contributed by atoms with Gasteiger partial charge >= 0.3 is 0 Å². The molecular formula is C22H25N7O. The highest BCUT2D eigenvalue weighted by atomic mass is 16.2. The van der Waals surface area contributed by atoms with Crippen molar-refractivity contribution >= 4 is 11.7 Å². The summed E-state index contributed by atoms with van der Waals surface area (Å²) >= 11 is 0. The molecule has 2 fully saturated rings. The van der Waals surface area contributed by atoms with Crippen LogP contribution in [0.4, 0.5) is 5.82 Å². The zero-order valence-corrected chi connectivity index (χ0v) is 17.1. The van der Waals surface area contributed by atoms with Gasteiger partial charge in [-0.05, 0) is 44.2 Å². The quantitative estimate of drug-likeness (QED) is 0.705. The lowest BCUT2D eigenvalue weighted by Gasteiger charge is -2.40. The number of hydrogen-bond acceptors (Lipinski definition) is 6. The number of carbonyl (C=O) groups is 1. The van der Waals surface area contributed by atoms with Crippen LogP contribution >= 0.6 is 0 Å². The predicted octanol–water partition coefficient (Wildman–Crippen LogP) is 2.86. The molecule has 2 aromatic heterocycles. The Hall–Kier alpha value is -3.29. The summed E-state index contributed by atoms with van der Waals surface area (Å²) < 4.78 is 0. The number of benzene rings is 1. The maximum Gasteiger partial charge on any atom is 0.256 e. The van der Waals surface area contributed by atoms with Crippen LogP contribution in [0.5, 0.6) is 0 Å². The average molecular weight is 403 g/mol. The molecule has 0 radical (unpaired) electrons. The maximum absolute atomic E-state index is 13.8. The van der Waals surface area contributed by atoms with Crippen LogP contribution in [0.3, 0.4) is 0 Å². The zero-order chi connectivity index (χ0) is 20.7. The number of aryl methyl sites for hydroxylation is 1. The van der Waals surface area contributed by atoms with Gasteiger partial charge in [-0.25, -0.2) is 4.98 Å². The van der Waals surface area contributed by atoms with Crippen molar-refractivity contribution in [1.82, 2.24) is 29.9 Å². The minimum atomic E-state index is 0.0451. The number of nitrogens with zero attached hydrogens (tertiary/aromatic N) is 6. The molecule has 1 aliphatic carbocycles. The van der Waals surface area contributed by atoms with E-state index < -0.39 is 0 Å². The van der Waals surface area contributed by atoms with E-state index in [0.29, 0.717) is 17.2 Å². The van der Waals surface area contributed by atoms with Crippen LogP contribution in [0.2, 0.25) is 0 Å². The van der Waals surface area contributed by atoms with Crippen LogP contribution in [0, 0.1) is 12.8 Å². The number of aromatic nitrogens is 5. The van der Waals surface area contributed by atoms with Crippen molar-refractivity contribution in [2.45, 2.75) is 51.2 Å². The molecule has 154 valence electrons. The van der Waals surface area contributed by atoms with Gasteiger partial charge in [0.2, 0.25) is 0 Å². The van der Waals surface area contributed by atoms with Crippen LogP contribution in [0.1, 0.15) is 42.2 Å². The van der Waals surface area contributed by atoms with Crippen molar-refractivity contribution in [2.75, 3.05) is 5.32 Å². The number of fused-ring (bicyclic) bond motifs is 2. The third kappa shape index (κ3) is 3.12.